The fourth-order valence-electron chi connectivity index (χ4n) is 4.15. The number of urea groups is 1. The maximum absolute atomic E-state index is 13.5. The molecule has 1 saturated heterocycles. The second-order valence-corrected chi connectivity index (χ2v) is 9.54. The molecule has 3 rings (SSSR count). The first kappa shape index (κ1) is 26.7. The minimum Gasteiger partial charge on any atom is -0.383 e. The molecule has 2 aromatic rings. The number of nitrogen functional groups attached to an aromatic ring is 1. The van der Waals surface area contributed by atoms with E-state index in [-0.39, 0.29) is 30.5 Å². The highest BCUT2D eigenvalue weighted by molar-refractivity contribution is 6.10. The van der Waals surface area contributed by atoms with Gasteiger partial charge in [0.15, 0.2) is 5.69 Å². The van der Waals surface area contributed by atoms with Crippen LogP contribution < -0.4 is 27.2 Å². The number of nitrogens with zero attached hydrogens (tertiary/aromatic N) is 3. The Labute approximate surface area is 209 Å². The van der Waals surface area contributed by atoms with Gasteiger partial charge in [0.2, 0.25) is 5.91 Å². The molecule has 0 aliphatic carbocycles. The Morgan fingerprint density at radius 1 is 1.14 bits per heavy atom. The van der Waals surface area contributed by atoms with Crippen molar-refractivity contribution in [2.75, 3.05) is 23.7 Å². The van der Waals surface area contributed by atoms with E-state index in [1.807, 2.05) is 20.8 Å². The SMILES string of the molecule is CCCCn1c(N)c(N(CCC(C)C)C(=O)CN2C(=O)N[C@@](C)(c3ccccc3)C2=O)c(=O)[nH]c1=O. The number of carbonyl (C=O) groups excluding carboxylic acids is 3. The molecule has 1 atom stereocenters. The number of rotatable bonds is 10. The quantitative estimate of drug-likeness (QED) is 0.425. The summed E-state index contributed by atoms with van der Waals surface area (Å²) in [5.74, 6) is -1.18. The second-order valence-electron chi connectivity index (χ2n) is 9.54. The molecule has 1 fully saturated rings. The van der Waals surface area contributed by atoms with E-state index in [4.69, 9.17) is 5.73 Å². The molecule has 2 heterocycles. The normalized spacial score (nSPS) is 17.5. The number of hydrogen-bond acceptors (Lipinski definition) is 6. The Hall–Kier alpha value is -3.89. The Bertz CT molecular complexity index is 1250. The van der Waals surface area contributed by atoms with Crippen LogP contribution in [-0.4, -0.2) is 45.4 Å². The molecule has 0 bridgehead atoms. The summed E-state index contributed by atoms with van der Waals surface area (Å²) in [5.41, 5.74) is 3.89. The Balaban J connectivity index is 1.97. The van der Waals surface area contributed by atoms with Crippen molar-refractivity contribution in [2.24, 2.45) is 5.92 Å². The molecule has 11 nitrogen and oxygen atoms in total. The van der Waals surface area contributed by atoms with Crippen molar-refractivity contribution in [3.05, 3.63) is 56.7 Å². The van der Waals surface area contributed by atoms with Gasteiger partial charge < -0.3 is 16.0 Å². The van der Waals surface area contributed by atoms with Gasteiger partial charge in [-0.15, -0.1) is 0 Å². The molecular weight excluding hydrogens is 464 g/mol. The van der Waals surface area contributed by atoms with Crippen LogP contribution in [0.3, 0.4) is 0 Å². The van der Waals surface area contributed by atoms with Crippen molar-refractivity contribution < 1.29 is 14.4 Å². The maximum atomic E-state index is 13.5. The number of anilines is 2. The third-order valence-electron chi connectivity index (χ3n) is 6.37. The maximum Gasteiger partial charge on any atom is 0.330 e. The summed E-state index contributed by atoms with van der Waals surface area (Å²) in [7, 11) is 0. The molecule has 0 radical (unpaired) electrons. The molecule has 194 valence electrons. The number of amides is 4. The molecule has 36 heavy (non-hydrogen) atoms. The van der Waals surface area contributed by atoms with Gasteiger partial charge in [0.05, 0.1) is 0 Å². The van der Waals surface area contributed by atoms with Crippen LogP contribution in [0.4, 0.5) is 16.3 Å². The van der Waals surface area contributed by atoms with Crippen LogP contribution in [0.5, 0.6) is 0 Å². The lowest BCUT2D eigenvalue weighted by Gasteiger charge is -2.27. The van der Waals surface area contributed by atoms with Crippen LogP contribution >= 0.6 is 0 Å². The van der Waals surface area contributed by atoms with Crippen molar-refractivity contribution in [3.63, 3.8) is 0 Å². The molecular formula is C25H34N6O5. The predicted octanol–water partition coefficient (Wildman–Crippen LogP) is 1.77. The first-order valence-electron chi connectivity index (χ1n) is 12.1. The molecule has 4 amide bonds. The van der Waals surface area contributed by atoms with E-state index in [1.165, 1.54) is 9.47 Å². The van der Waals surface area contributed by atoms with Gasteiger partial charge >= 0.3 is 11.7 Å². The zero-order valence-electron chi connectivity index (χ0n) is 21.2. The number of unbranched alkanes of at least 4 members (excludes halogenated alkanes) is 1. The number of nitrogens with one attached hydrogen (secondary N) is 2. The van der Waals surface area contributed by atoms with E-state index in [9.17, 15) is 24.0 Å². The molecule has 4 N–H and O–H groups in total. The molecule has 11 heteroatoms. The third-order valence-corrected chi connectivity index (χ3v) is 6.37. The second kappa shape index (κ2) is 10.8. The topological polar surface area (TPSA) is 151 Å². The number of hydrogen-bond donors (Lipinski definition) is 3. The van der Waals surface area contributed by atoms with Gasteiger partial charge in [-0.05, 0) is 31.2 Å². The molecule has 0 unspecified atom stereocenters. The Morgan fingerprint density at radius 3 is 2.42 bits per heavy atom. The Kier molecular flexibility index (Phi) is 8.01. The van der Waals surface area contributed by atoms with Crippen molar-refractivity contribution >= 4 is 29.4 Å². The Morgan fingerprint density at radius 2 is 1.81 bits per heavy atom. The highest BCUT2D eigenvalue weighted by Crippen LogP contribution is 2.29. The highest BCUT2D eigenvalue weighted by atomic mass is 16.2. The number of H-pyrrole nitrogens is 1. The van der Waals surface area contributed by atoms with Gasteiger partial charge in [-0.25, -0.2) is 9.59 Å². The number of imide groups is 1. The number of carbonyl (C=O) groups is 3. The van der Waals surface area contributed by atoms with E-state index < -0.39 is 41.2 Å². The van der Waals surface area contributed by atoms with Gasteiger partial charge in [-0.3, -0.25) is 28.8 Å². The smallest absolute Gasteiger partial charge is 0.330 e. The zero-order chi connectivity index (χ0) is 26.6. The number of aromatic amines is 1. The monoisotopic (exact) mass is 498 g/mol. The highest BCUT2D eigenvalue weighted by Gasteiger charge is 2.49. The number of aromatic nitrogens is 2. The zero-order valence-corrected chi connectivity index (χ0v) is 21.2. The average molecular weight is 499 g/mol. The van der Waals surface area contributed by atoms with Crippen molar-refractivity contribution in [1.82, 2.24) is 19.8 Å². The van der Waals surface area contributed by atoms with Gasteiger partial charge in [-0.2, -0.15) is 0 Å². The van der Waals surface area contributed by atoms with Crippen LogP contribution in [-0.2, 0) is 21.7 Å². The lowest BCUT2D eigenvalue weighted by Crippen LogP contribution is -2.47. The van der Waals surface area contributed by atoms with E-state index in [0.29, 0.717) is 18.4 Å². The van der Waals surface area contributed by atoms with Crippen molar-refractivity contribution in [1.29, 1.82) is 0 Å². The standard InChI is InChI=1S/C25H34N6O5/c1-5-6-13-30-20(26)19(21(33)27-23(30)35)29(14-12-16(2)3)18(32)15-31-22(34)25(4,28-24(31)36)17-10-8-7-9-11-17/h7-11,16H,5-6,12-15,26H2,1-4H3,(H,28,36)(H,27,33,35)/t25-/m0/s1. The predicted molar refractivity (Wildman–Crippen MR) is 136 cm³/mol. The minimum atomic E-state index is -1.33. The minimum absolute atomic E-state index is 0.120. The van der Waals surface area contributed by atoms with Gasteiger partial charge in [0, 0.05) is 13.1 Å². The van der Waals surface area contributed by atoms with Crippen LogP contribution in [0, 0.1) is 5.92 Å². The number of nitrogens with two attached hydrogens (primary N) is 1. The van der Waals surface area contributed by atoms with Crippen LogP contribution in [0.25, 0.3) is 0 Å². The largest absolute Gasteiger partial charge is 0.383 e. The van der Waals surface area contributed by atoms with Gasteiger partial charge in [-0.1, -0.05) is 57.5 Å². The fourth-order valence-corrected chi connectivity index (χ4v) is 4.15. The van der Waals surface area contributed by atoms with E-state index in [0.717, 1.165) is 11.3 Å². The first-order chi connectivity index (χ1) is 17.0. The summed E-state index contributed by atoms with van der Waals surface area (Å²) in [5, 5.41) is 2.67. The number of benzene rings is 1. The molecule has 1 aromatic heterocycles. The van der Waals surface area contributed by atoms with E-state index >= 15 is 0 Å². The fraction of sp³-hybridized carbons (Fsp3) is 0.480. The summed E-state index contributed by atoms with van der Waals surface area (Å²) in [6.07, 6.45) is 1.97. The molecule has 0 saturated carbocycles. The summed E-state index contributed by atoms with van der Waals surface area (Å²) < 4.78 is 1.23. The van der Waals surface area contributed by atoms with Crippen LogP contribution in [0.1, 0.15) is 52.5 Å². The van der Waals surface area contributed by atoms with Crippen LogP contribution in [0.2, 0.25) is 0 Å². The summed E-state index contributed by atoms with van der Waals surface area (Å²) in [4.78, 5) is 69.0. The third kappa shape index (κ3) is 5.19. The summed E-state index contributed by atoms with van der Waals surface area (Å²) >= 11 is 0. The van der Waals surface area contributed by atoms with Gasteiger partial charge in [0.1, 0.15) is 17.9 Å². The van der Waals surface area contributed by atoms with Crippen LogP contribution in [0.15, 0.2) is 39.9 Å². The first-order valence-corrected chi connectivity index (χ1v) is 12.1. The summed E-state index contributed by atoms with van der Waals surface area (Å²) in [6.45, 7) is 7.26. The van der Waals surface area contributed by atoms with E-state index in [2.05, 4.69) is 10.3 Å². The van der Waals surface area contributed by atoms with Gasteiger partial charge in [0.25, 0.3) is 11.5 Å². The molecule has 0 spiro atoms. The van der Waals surface area contributed by atoms with E-state index in [1.54, 1.807) is 37.3 Å². The molecule has 1 aromatic carbocycles. The molecule has 1 aliphatic rings. The van der Waals surface area contributed by atoms with Crippen molar-refractivity contribution in [2.45, 2.75) is 59.0 Å². The molecule has 1 aliphatic heterocycles. The lowest BCUT2D eigenvalue weighted by atomic mass is 9.92. The average Bonchev–Trinajstić information content (AvgIpc) is 3.05. The summed E-state index contributed by atoms with van der Waals surface area (Å²) in [6, 6.07) is 8.03. The lowest BCUT2D eigenvalue weighted by molar-refractivity contribution is -0.134. The van der Waals surface area contributed by atoms with Crippen molar-refractivity contribution in [3.8, 4) is 0 Å².